The van der Waals surface area contributed by atoms with Crippen molar-refractivity contribution in [3.05, 3.63) is 0 Å². The molecule has 1 saturated heterocycles. The van der Waals surface area contributed by atoms with E-state index in [1.807, 2.05) is 0 Å². The van der Waals surface area contributed by atoms with E-state index in [1.165, 1.54) is 6.42 Å². The van der Waals surface area contributed by atoms with E-state index in [4.69, 9.17) is 5.73 Å². The fourth-order valence-corrected chi connectivity index (χ4v) is 5.85. The Bertz CT molecular complexity index is 408. The van der Waals surface area contributed by atoms with E-state index in [-0.39, 0.29) is 16.9 Å². The van der Waals surface area contributed by atoms with Crippen LogP contribution in [-0.2, 0) is 9.84 Å². The van der Waals surface area contributed by atoms with Gasteiger partial charge in [-0.1, -0.05) is 26.2 Å². The minimum absolute atomic E-state index is 0.0896. The molecule has 5 heteroatoms. The van der Waals surface area contributed by atoms with E-state index in [0.717, 1.165) is 25.7 Å². The molecule has 0 spiro atoms. The van der Waals surface area contributed by atoms with Crippen molar-refractivity contribution in [2.24, 2.45) is 17.1 Å². The molecule has 1 aliphatic carbocycles. The number of rotatable bonds is 3. The highest BCUT2D eigenvalue weighted by Crippen LogP contribution is 2.50. The molecule has 2 rings (SSSR count). The number of aliphatic hydroxyl groups is 1. The summed E-state index contributed by atoms with van der Waals surface area (Å²) >= 11 is 0. The van der Waals surface area contributed by atoms with Gasteiger partial charge in [0.05, 0.1) is 17.1 Å². The Morgan fingerprint density at radius 3 is 2.61 bits per heavy atom. The largest absolute Gasteiger partial charge is 0.388 e. The summed E-state index contributed by atoms with van der Waals surface area (Å²) < 4.78 is 23.4. The zero-order valence-corrected chi connectivity index (χ0v) is 12.0. The molecule has 1 heterocycles. The van der Waals surface area contributed by atoms with E-state index in [0.29, 0.717) is 18.9 Å². The third-order valence-electron chi connectivity index (χ3n) is 5.19. The lowest BCUT2D eigenvalue weighted by atomic mass is 9.60. The molecule has 106 valence electrons. The molecule has 0 aromatic carbocycles. The molecule has 1 saturated carbocycles. The van der Waals surface area contributed by atoms with Crippen LogP contribution in [0.3, 0.4) is 0 Å². The maximum absolute atomic E-state index is 11.7. The molecule has 4 nitrogen and oxygen atoms in total. The predicted molar refractivity (Wildman–Crippen MR) is 72.0 cm³/mol. The van der Waals surface area contributed by atoms with Crippen molar-refractivity contribution in [2.75, 3.05) is 18.1 Å². The molecule has 0 radical (unpaired) electrons. The third kappa shape index (κ3) is 2.32. The Kier molecular flexibility index (Phi) is 3.78. The van der Waals surface area contributed by atoms with Gasteiger partial charge in [0.25, 0.3) is 0 Å². The van der Waals surface area contributed by atoms with Crippen LogP contribution in [0.2, 0.25) is 0 Å². The first-order valence-electron chi connectivity index (χ1n) is 6.99. The van der Waals surface area contributed by atoms with E-state index in [2.05, 4.69) is 6.92 Å². The molecule has 3 atom stereocenters. The first kappa shape index (κ1) is 14.3. The average Bonchev–Trinajstić information content (AvgIpc) is 2.65. The second-order valence-electron chi connectivity index (χ2n) is 6.23. The van der Waals surface area contributed by atoms with E-state index in [9.17, 15) is 13.5 Å². The van der Waals surface area contributed by atoms with Crippen LogP contribution in [0.15, 0.2) is 0 Å². The topological polar surface area (TPSA) is 80.4 Å². The van der Waals surface area contributed by atoms with Crippen LogP contribution in [0.4, 0.5) is 0 Å². The van der Waals surface area contributed by atoms with Crippen molar-refractivity contribution in [2.45, 2.75) is 51.0 Å². The maximum Gasteiger partial charge on any atom is 0.153 e. The minimum Gasteiger partial charge on any atom is -0.388 e. The molecule has 3 unspecified atom stereocenters. The lowest BCUT2D eigenvalue weighted by Crippen LogP contribution is -2.55. The zero-order chi connectivity index (χ0) is 13.4. The number of hydrogen-bond acceptors (Lipinski definition) is 4. The molecule has 18 heavy (non-hydrogen) atoms. The Balaban J connectivity index is 2.27. The Labute approximate surface area is 110 Å². The summed E-state index contributed by atoms with van der Waals surface area (Å²) in [6.07, 6.45) is 5.44. The maximum atomic E-state index is 11.7. The second kappa shape index (κ2) is 4.76. The molecule has 0 bridgehead atoms. The second-order valence-corrected chi connectivity index (χ2v) is 8.41. The molecule has 1 aliphatic heterocycles. The van der Waals surface area contributed by atoms with Gasteiger partial charge in [-0.25, -0.2) is 8.42 Å². The van der Waals surface area contributed by atoms with Crippen molar-refractivity contribution in [3.8, 4) is 0 Å². The summed E-state index contributed by atoms with van der Waals surface area (Å²) in [4.78, 5) is 0. The van der Waals surface area contributed by atoms with Crippen molar-refractivity contribution in [3.63, 3.8) is 0 Å². The van der Waals surface area contributed by atoms with Crippen LogP contribution in [0.5, 0.6) is 0 Å². The van der Waals surface area contributed by atoms with Gasteiger partial charge in [0.15, 0.2) is 9.84 Å². The zero-order valence-electron chi connectivity index (χ0n) is 11.2. The molecule has 0 aromatic rings. The molecule has 2 aliphatic rings. The predicted octanol–water partition coefficient (Wildman–Crippen LogP) is 1.08. The Morgan fingerprint density at radius 2 is 2.11 bits per heavy atom. The van der Waals surface area contributed by atoms with Gasteiger partial charge in [-0.05, 0) is 25.2 Å². The monoisotopic (exact) mass is 275 g/mol. The summed E-state index contributed by atoms with van der Waals surface area (Å²) in [7, 11) is -3.08. The molecule has 0 aromatic heterocycles. The summed E-state index contributed by atoms with van der Waals surface area (Å²) in [5.41, 5.74) is 4.49. The van der Waals surface area contributed by atoms with Gasteiger partial charge in [-0.3, -0.25) is 0 Å². The van der Waals surface area contributed by atoms with Crippen molar-refractivity contribution in [1.29, 1.82) is 0 Å². The number of nitrogens with two attached hydrogens (primary N) is 1. The van der Waals surface area contributed by atoms with Gasteiger partial charge in [0.2, 0.25) is 0 Å². The van der Waals surface area contributed by atoms with E-state index in [1.54, 1.807) is 0 Å². The third-order valence-corrected chi connectivity index (χ3v) is 6.93. The van der Waals surface area contributed by atoms with Gasteiger partial charge in [-0.2, -0.15) is 0 Å². The van der Waals surface area contributed by atoms with Crippen LogP contribution in [0, 0.1) is 11.3 Å². The van der Waals surface area contributed by atoms with Crippen LogP contribution in [-0.4, -0.2) is 37.2 Å². The molecule has 2 fully saturated rings. The fraction of sp³-hybridized carbons (Fsp3) is 1.00. The quantitative estimate of drug-likeness (QED) is 0.807. The number of sulfone groups is 1. The summed E-state index contributed by atoms with van der Waals surface area (Å²) in [5, 5.41) is 10.9. The van der Waals surface area contributed by atoms with Gasteiger partial charge in [0.1, 0.15) is 0 Å². The standard InChI is InChI=1S/C13H25NO3S/c1-2-11-4-3-5-12(8-11,9-14)13(15)6-7-18(16,17)10-13/h11,15H,2-10,14H2,1H3. The Hall–Kier alpha value is -0.130. The lowest BCUT2D eigenvalue weighted by molar-refractivity contribution is -0.0902. The number of hydrogen-bond donors (Lipinski definition) is 2. The average molecular weight is 275 g/mol. The highest BCUT2D eigenvalue weighted by atomic mass is 32.2. The molecule has 3 N–H and O–H groups in total. The SMILES string of the molecule is CCC1CCCC(CN)(C2(O)CCS(=O)(=O)C2)C1. The fourth-order valence-electron chi connectivity index (χ4n) is 3.88. The van der Waals surface area contributed by atoms with Crippen molar-refractivity contribution >= 4 is 9.84 Å². The molecular formula is C13H25NO3S. The molecular weight excluding hydrogens is 250 g/mol. The highest BCUT2D eigenvalue weighted by molar-refractivity contribution is 7.91. The smallest absolute Gasteiger partial charge is 0.153 e. The van der Waals surface area contributed by atoms with Crippen LogP contribution < -0.4 is 5.73 Å². The van der Waals surface area contributed by atoms with Crippen LogP contribution >= 0.6 is 0 Å². The summed E-state index contributed by atoms with van der Waals surface area (Å²) in [6, 6.07) is 0. The summed E-state index contributed by atoms with van der Waals surface area (Å²) in [5.74, 6) is 0.602. The van der Waals surface area contributed by atoms with Crippen molar-refractivity contribution in [1.82, 2.24) is 0 Å². The van der Waals surface area contributed by atoms with E-state index < -0.39 is 15.4 Å². The lowest BCUT2D eigenvalue weighted by Gasteiger charge is -2.49. The van der Waals surface area contributed by atoms with E-state index >= 15 is 0 Å². The van der Waals surface area contributed by atoms with Crippen molar-refractivity contribution < 1.29 is 13.5 Å². The van der Waals surface area contributed by atoms with Crippen LogP contribution in [0.1, 0.15) is 45.4 Å². The Morgan fingerprint density at radius 1 is 1.39 bits per heavy atom. The van der Waals surface area contributed by atoms with Crippen LogP contribution in [0.25, 0.3) is 0 Å². The summed E-state index contributed by atoms with van der Waals surface area (Å²) in [6.45, 7) is 2.56. The van der Waals surface area contributed by atoms with Gasteiger partial charge < -0.3 is 10.8 Å². The molecule has 0 amide bonds. The van der Waals surface area contributed by atoms with Gasteiger partial charge >= 0.3 is 0 Å². The first-order valence-corrected chi connectivity index (χ1v) is 8.81. The van der Waals surface area contributed by atoms with Gasteiger partial charge in [0, 0.05) is 12.0 Å². The first-order chi connectivity index (χ1) is 8.36. The highest BCUT2D eigenvalue weighted by Gasteiger charge is 2.56. The normalized spacial score (nSPS) is 44.1. The minimum atomic E-state index is -3.08. The van der Waals surface area contributed by atoms with Gasteiger partial charge in [-0.15, -0.1) is 0 Å².